The molecule has 142 valence electrons. The zero-order valence-corrected chi connectivity index (χ0v) is 15.9. The first-order valence-corrected chi connectivity index (χ1v) is 10.0. The first-order chi connectivity index (χ1) is 13.2. The topological polar surface area (TPSA) is 51.2 Å². The summed E-state index contributed by atoms with van der Waals surface area (Å²) in [7, 11) is 0. The van der Waals surface area contributed by atoms with E-state index in [1.807, 2.05) is 17.0 Å². The highest BCUT2D eigenvalue weighted by molar-refractivity contribution is 6.09. The third-order valence-corrected chi connectivity index (χ3v) is 6.26. The molecule has 6 nitrogen and oxygen atoms in total. The minimum Gasteiger partial charge on any atom is -0.316 e. The van der Waals surface area contributed by atoms with E-state index in [1.54, 1.807) is 0 Å². The van der Waals surface area contributed by atoms with Crippen molar-refractivity contribution < 1.29 is 4.79 Å². The van der Waals surface area contributed by atoms with Crippen LogP contribution in [-0.2, 0) is 11.3 Å². The standard InChI is InChI=1S/C21H27N5O/c1-15-4-2-3-5-17(15)13-26-20(27)18-14-24(12-16-10-22-11-16)8-6-19(18)25-9-7-23-21(25)26/h2-5,16,22H,6-14H2,1H3. The number of hydrogen-bond donors (Lipinski definition) is 1. The van der Waals surface area contributed by atoms with Crippen molar-refractivity contribution in [3.63, 3.8) is 0 Å². The van der Waals surface area contributed by atoms with Crippen LogP contribution in [0.4, 0.5) is 0 Å². The van der Waals surface area contributed by atoms with Gasteiger partial charge in [0.15, 0.2) is 0 Å². The monoisotopic (exact) mass is 365 g/mol. The van der Waals surface area contributed by atoms with E-state index in [0.717, 1.165) is 69.7 Å². The summed E-state index contributed by atoms with van der Waals surface area (Å²) in [6.45, 7) is 9.53. The summed E-state index contributed by atoms with van der Waals surface area (Å²) in [5, 5.41) is 3.35. The number of benzene rings is 1. The lowest BCUT2D eigenvalue weighted by Crippen LogP contribution is -2.55. The second kappa shape index (κ2) is 6.77. The molecule has 0 aliphatic carbocycles. The normalized spacial score (nSPS) is 23.3. The van der Waals surface area contributed by atoms with Gasteiger partial charge in [0, 0.05) is 51.4 Å². The van der Waals surface area contributed by atoms with Crippen molar-refractivity contribution in [1.82, 2.24) is 20.0 Å². The fourth-order valence-corrected chi connectivity index (χ4v) is 4.57. The van der Waals surface area contributed by atoms with Gasteiger partial charge in [-0.3, -0.25) is 19.6 Å². The summed E-state index contributed by atoms with van der Waals surface area (Å²) in [5.41, 5.74) is 4.62. The fraction of sp³-hybridized carbons (Fsp3) is 0.524. The van der Waals surface area contributed by atoms with Crippen molar-refractivity contribution in [2.45, 2.75) is 19.9 Å². The van der Waals surface area contributed by atoms with Crippen LogP contribution < -0.4 is 5.32 Å². The average molecular weight is 365 g/mol. The Kier molecular flexibility index (Phi) is 4.25. The van der Waals surface area contributed by atoms with Crippen LogP contribution in [0, 0.1) is 12.8 Å². The van der Waals surface area contributed by atoms with Gasteiger partial charge in [0.05, 0.1) is 18.7 Å². The maximum atomic E-state index is 13.5. The quantitative estimate of drug-likeness (QED) is 0.871. The highest BCUT2D eigenvalue weighted by Gasteiger charge is 2.41. The van der Waals surface area contributed by atoms with E-state index in [0.29, 0.717) is 6.54 Å². The van der Waals surface area contributed by atoms with Gasteiger partial charge >= 0.3 is 0 Å². The van der Waals surface area contributed by atoms with E-state index in [9.17, 15) is 4.79 Å². The number of hydrogen-bond acceptors (Lipinski definition) is 5. The third kappa shape index (κ3) is 2.97. The van der Waals surface area contributed by atoms with E-state index in [-0.39, 0.29) is 5.91 Å². The maximum Gasteiger partial charge on any atom is 0.259 e. The van der Waals surface area contributed by atoms with Crippen molar-refractivity contribution in [2.24, 2.45) is 10.9 Å². The van der Waals surface area contributed by atoms with Crippen molar-refractivity contribution >= 4 is 11.9 Å². The number of nitrogens with one attached hydrogen (secondary N) is 1. The summed E-state index contributed by atoms with van der Waals surface area (Å²) in [6.07, 6.45) is 0.957. The second-order valence-electron chi connectivity index (χ2n) is 8.09. The summed E-state index contributed by atoms with van der Waals surface area (Å²) in [4.78, 5) is 24.8. The Morgan fingerprint density at radius 3 is 2.85 bits per heavy atom. The van der Waals surface area contributed by atoms with Crippen LogP contribution in [0.2, 0.25) is 0 Å². The lowest BCUT2D eigenvalue weighted by atomic mass is 9.97. The van der Waals surface area contributed by atoms with Crippen molar-refractivity contribution in [2.75, 3.05) is 45.8 Å². The SMILES string of the molecule is Cc1ccccc1CN1C(=O)C2=C(CCN(CC3CNC3)C2)N2CCN=C12. The number of nitrogens with zero attached hydrogens (tertiary/aromatic N) is 4. The highest BCUT2D eigenvalue weighted by atomic mass is 16.2. The predicted octanol–water partition coefficient (Wildman–Crippen LogP) is 1.19. The van der Waals surface area contributed by atoms with Crippen LogP contribution in [0.15, 0.2) is 40.5 Å². The number of fused-ring (bicyclic) bond motifs is 2. The molecule has 1 aromatic carbocycles. The average Bonchev–Trinajstić information content (AvgIpc) is 3.13. The Balaban J connectivity index is 1.42. The molecule has 1 N–H and O–H groups in total. The molecule has 0 atom stereocenters. The lowest BCUT2D eigenvalue weighted by molar-refractivity contribution is -0.125. The van der Waals surface area contributed by atoms with Crippen molar-refractivity contribution in [3.8, 4) is 0 Å². The molecule has 0 unspecified atom stereocenters. The Labute approximate surface area is 160 Å². The lowest BCUT2D eigenvalue weighted by Gasteiger charge is -2.43. The Morgan fingerprint density at radius 2 is 2.07 bits per heavy atom. The molecule has 4 heterocycles. The molecule has 4 aliphatic rings. The molecule has 0 radical (unpaired) electrons. The number of carbonyl (C=O) groups is 1. The van der Waals surface area contributed by atoms with Gasteiger partial charge in [-0.05, 0) is 24.0 Å². The van der Waals surface area contributed by atoms with Crippen LogP contribution in [-0.4, -0.2) is 72.4 Å². The van der Waals surface area contributed by atoms with Crippen LogP contribution in [0.25, 0.3) is 0 Å². The van der Waals surface area contributed by atoms with Gasteiger partial charge in [0.1, 0.15) is 0 Å². The molecule has 1 fully saturated rings. The minimum atomic E-state index is 0.154. The van der Waals surface area contributed by atoms with Crippen LogP contribution in [0.3, 0.4) is 0 Å². The first-order valence-electron chi connectivity index (χ1n) is 10.0. The van der Waals surface area contributed by atoms with Crippen LogP contribution >= 0.6 is 0 Å². The molecule has 6 heteroatoms. The molecule has 4 aliphatic heterocycles. The number of amides is 1. The van der Waals surface area contributed by atoms with Gasteiger partial charge in [-0.25, -0.2) is 0 Å². The molecular formula is C21H27N5O. The van der Waals surface area contributed by atoms with Gasteiger partial charge < -0.3 is 10.2 Å². The zero-order valence-electron chi connectivity index (χ0n) is 15.9. The fourth-order valence-electron chi connectivity index (χ4n) is 4.57. The maximum absolute atomic E-state index is 13.5. The van der Waals surface area contributed by atoms with Gasteiger partial charge in [-0.1, -0.05) is 24.3 Å². The molecule has 27 heavy (non-hydrogen) atoms. The Hall–Kier alpha value is -2.18. The summed E-state index contributed by atoms with van der Waals surface area (Å²) in [5.74, 6) is 1.75. The molecule has 5 rings (SSSR count). The number of aryl methyl sites for hydroxylation is 1. The molecular weight excluding hydrogens is 338 g/mol. The van der Waals surface area contributed by atoms with Gasteiger partial charge in [0.25, 0.3) is 5.91 Å². The summed E-state index contributed by atoms with van der Waals surface area (Å²) in [6, 6.07) is 8.32. The molecule has 1 amide bonds. The molecule has 0 aromatic heterocycles. The van der Waals surface area contributed by atoms with E-state index in [2.05, 4.69) is 39.2 Å². The van der Waals surface area contributed by atoms with Gasteiger partial charge in [-0.15, -0.1) is 0 Å². The minimum absolute atomic E-state index is 0.154. The van der Waals surface area contributed by atoms with E-state index in [4.69, 9.17) is 0 Å². The molecule has 0 bridgehead atoms. The van der Waals surface area contributed by atoms with E-state index >= 15 is 0 Å². The second-order valence-corrected chi connectivity index (χ2v) is 8.09. The predicted molar refractivity (Wildman–Crippen MR) is 105 cm³/mol. The van der Waals surface area contributed by atoms with Crippen molar-refractivity contribution in [1.29, 1.82) is 0 Å². The largest absolute Gasteiger partial charge is 0.316 e. The summed E-state index contributed by atoms with van der Waals surface area (Å²) < 4.78 is 0. The molecule has 1 aromatic rings. The van der Waals surface area contributed by atoms with E-state index in [1.165, 1.54) is 16.8 Å². The van der Waals surface area contributed by atoms with E-state index < -0.39 is 0 Å². The highest BCUT2D eigenvalue weighted by Crippen LogP contribution is 2.32. The van der Waals surface area contributed by atoms with Crippen molar-refractivity contribution in [3.05, 3.63) is 46.7 Å². The smallest absolute Gasteiger partial charge is 0.259 e. The summed E-state index contributed by atoms with van der Waals surface area (Å²) >= 11 is 0. The third-order valence-electron chi connectivity index (χ3n) is 6.26. The number of carbonyl (C=O) groups excluding carboxylic acids is 1. The molecule has 1 saturated heterocycles. The van der Waals surface area contributed by atoms with Gasteiger partial charge in [-0.2, -0.15) is 0 Å². The van der Waals surface area contributed by atoms with Crippen LogP contribution in [0.1, 0.15) is 17.5 Å². The Morgan fingerprint density at radius 1 is 1.22 bits per heavy atom. The van der Waals surface area contributed by atoms with Crippen LogP contribution in [0.5, 0.6) is 0 Å². The Bertz CT molecular complexity index is 826. The number of guanidine groups is 1. The number of rotatable bonds is 4. The van der Waals surface area contributed by atoms with Gasteiger partial charge in [0.2, 0.25) is 5.96 Å². The first kappa shape index (κ1) is 17.0. The molecule has 0 saturated carbocycles. The molecule has 0 spiro atoms. The number of aliphatic imine (C=N–C) groups is 1. The zero-order chi connectivity index (χ0) is 18.4.